The Morgan fingerprint density at radius 1 is 0.952 bits per heavy atom. The fourth-order valence-corrected chi connectivity index (χ4v) is 4.70. The van der Waals surface area contributed by atoms with Crippen LogP contribution in [-0.4, -0.2) is 5.11 Å². The van der Waals surface area contributed by atoms with Crippen molar-refractivity contribution in [2.24, 2.45) is 0 Å². The number of aliphatic hydroxyl groups excluding tert-OH is 1. The molecule has 1 heterocycles. The predicted molar refractivity (Wildman–Crippen MR) is 90.4 cm³/mol. The number of aliphatic hydroxyl groups is 1. The first-order valence-corrected chi connectivity index (χ1v) is 8.67. The van der Waals surface area contributed by atoms with Gasteiger partial charge >= 0.3 is 0 Å². The minimum atomic E-state index is -0.473. The van der Waals surface area contributed by atoms with Gasteiger partial charge in [0.2, 0.25) is 0 Å². The van der Waals surface area contributed by atoms with E-state index in [1.807, 2.05) is 11.3 Å². The molecule has 2 aromatic rings. The summed E-state index contributed by atoms with van der Waals surface area (Å²) in [6.07, 6.45) is 4.49. The number of fused-ring (bicyclic) bond motifs is 1. The SMILES string of the molecule is Cc1cc(C)c(C)c(C(O)c2cc3c(s2)CCCC3)c1C. The van der Waals surface area contributed by atoms with E-state index in [9.17, 15) is 5.11 Å². The zero-order chi connectivity index (χ0) is 15.1. The zero-order valence-corrected chi connectivity index (χ0v) is 14.2. The second-order valence-electron chi connectivity index (χ2n) is 6.38. The van der Waals surface area contributed by atoms with Crippen molar-refractivity contribution in [2.45, 2.75) is 59.5 Å². The van der Waals surface area contributed by atoms with E-state index < -0.39 is 6.10 Å². The normalized spacial score (nSPS) is 15.9. The van der Waals surface area contributed by atoms with E-state index in [0.717, 1.165) is 10.4 Å². The topological polar surface area (TPSA) is 20.2 Å². The molecule has 0 bridgehead atoms. The van der Waals surface area contributed by atoms with Gasteiger partial charge in [0.25, 0.3) is 0 Å². The molecule has 1 aliphatic rings. The molecule has 1 unspecified atom stereocenters. The lowest BCUT2D eigenvalue weighted by Crippen LogP contribution is -2.06. The van der Waals surface area contributed by atoms with Crippen molar-refractivity contribution in [3.05, 3.63) is 55.3 Å². The van der Waals surface area contributed by atoms with Crippen molar-refractivity contribution in [3.8, 4) is 0 Å². The maximum absolute atomic E-state index is 11.0. The molecule has 1 N–H and O–H groups in total. The number of benzene rings is 1. The molecule has 0 aliphatic heterocycles. The van der Waals surface area contributed by atoms with Gasteiger partial charge in [-0.15, -0.1) is 11.3 Å². The molecule has 1 aromatic heterocycles. The Bertz CT molecular complexity index is 632. The molecular weight excluding hydrogens is 276 g/mol. The van der Waals surface area contributed by atoms with Crippen LogP contribution in [0.5, 0.6) is 0 Å². The van der Waals surface area contributed by atoms with Gasteiger partial charge in [-0.05, 0) is 92.8 Å². The first-order valence-electron chi connectivity index (χ1n) is 7.86. The summed E-state index contributed by atoms with van der Waals surface area (Å²) < 4.78 is 0. The summed E-state index contributed by atoms with van der Waals surface area (Å²) in [4.78, 5) is 2.62. The van der Waals surface area contributed by atoms with Gasteiger partial charge < -0.3 is 5.11 Å². The van der Waals surface area contributed by atoms with Crippen molar-refractivity contribution >= 4 is 11.3 Å². The monoisotopic (exact) mass is 300 g/mol. The number of rotatable bonds is 2. The van der Waals surface area contributed by atoms with Gasteiger partial charge in [0.05, 0.1) is 0 Å². The predicted octanol–water partition coefficient (Wildman–Crippen LogP) is 4.94. The third-order valence-electron chi connectivity index (χ3n) is 4.98. The van der Waals surface area contributed by atoms with Gasteiger partial charge in [-0.2, -0.15) is 0 Å². The molecule has 1 aromatic carbocycles. The third kappa shape index (κ3) is 2.56. The highest BCUT2D eigenvalue weighted by Gasteiger charge is 2.22. The molecule has 2 heteroatoms. The Hall–Kier alpha value is -1.12. The summed E-state index contributed by atoms with van der Waals surface area (Å²) in [5.41, 5.74) is 7.60. The average molecular weight is 300 g/mol. The van der Waals surface area contributed by atoms with Crippen LogP contribution in [0.15, 0.2) is 12.1 Å². The number of aryl methyl sites for hydroxylation is 4. The number of hydrogen-bond acceptors (Lipinski definition) is 2. The molecular formula is C19H24OS. The van der Waals surface area contributed by atoms with Crippen LogP contribution in [0, 0.1) is 27.7 Å². The van der Waals surface area contributed by atoms with Crippen molar-refractivity contribution in [1.82, 2.24) is 0 Å². The quantitative estimate of drug-likeness (QED) is 0.832. The van der Waals surface area contributed by atoms with E-state index in [2.05, 4.69) is 39.8 Å². The molecule has 0 saturated carbocycles. The Balaban J connectivity index is 2.06. The Labute approximate surface area is 131 Å². The fourth-order valence-electron chi connectivity index (χ4n) is 3.45. The average Bonchev–Trinajstić information content (AvgIpc) is 2.89. The summed E-state index contributed by atoms with van der Waals surface area (Å²) >= 11 is 1.82. The van der Waals surface area contributed by atoms with Crippen LogP contribution in [0.25, 0.3) is 0 Å². The summed E-state index contributed by atoms with van der Waals surface area (Å²) in [7, 11) is 0. The van der Waals surface area contributed by atoms with Crippen LogP contribution in [0.3, 0.4) is 0 Å². The van der Waals surface area contributed by atoms with Gasteiger partial charge in [0.1, 0.15) is 6.10 Å². The molecule has 1 aliphatic carbocycles. The van der Waals surface area contributed by atoms with Crippen molar-refractivity contribution in [3.63, 3.8) is 0 Å². The van der Waals surface area contributed by atoms with Crippen molar-refractivity contribution in [1.29, 1.82) is 0 Å². The highest BCUT2D eigenvalue weighted by atomic mass is 32.1. The summed E-state index contributed by atoms with van der Waals surface area (Å²) in [5, 5.41) is 11.0. The van der Waals surface area contributed by atoms with Crippen molar-refractivity contribution in [2.75, 3.05) is 0 Å². The minimum absolute atomic E-state index is 0.473. The Morgan fingerprint density at radius 2 is 1.57 bits per heavy atom. The number of hydrogen-bond donors (Lipinski definition) is 1. The molecule has 3 rings (SSSR count). The van der Waals surface area contributed by atoms with Crippen LogP contribution in [0.2, 0.25) is 0 Å². The van der Waals surface area contributed by atoms with E-state index in [-0.39, 0.29) is 0 Å². The number of thiophene rings is 1. The smallest absolute Gasteiger partial charge is 0.114 e. The summed E-state index contributed by atoms with van der Waals surface area (Å²) in [6, 6.07) is 4.47. The van der Waals surface area contributed by atoms with E-state index in [0.29, 0.717) is 0 Å². The first kappa shape index (κ1) is 14.8. The molecule has 1 atom stereocenters. The van der Waals surface area contributed by atoms with E-state index in [1.54, 1.807) is 0 Å². The zero-order valence-electron chi connectivity index (χ0n) is 13.4. The molecule has 0 spiro atoms. The molecule has 0 radical (unpaired) electrons. The first-order chi connectivity index (χ1) is 9.99. The molecule has 0 amide bonds. The van der Waals surface area contributed by atoms with E-state index in [4.69, 9.17) is 0 Å². The maximum Gasteiger partial charge on any atom is 0.114 e. The lowest BCUT2D eigenvalue weighted by molar-refractivity contribution is 0.222. The highest BCUT2D eigenvalue weighted by Crippen LogP contribution is 2.38. The van der Waals surface area contributed by atoms with Crippen LogP contribution < -0.4 is 0 Å². The summed E-state index contributed by atoms with van der Waals surface area (Å²) in [5.74, 6) is 0. The second-order valence-corrected chi connectivity index (χ2v) is 7.55. The standard InChI is InChI=1S/C19H24OS/c1-11-9-12(2)14(4)18(13(11)3)19(20)17-10-15-7-5-6-8-16(15)21-17/h9-10,19-20H,5-8H2,1-4H3. The highest BCUT2D eigenvalue weighted by molar-refractivity contribution is 7.12. The molecule has 1 nitrogen and oxygen atoms in total. The molecule has 0 fully saturated rings. The van der Waals surface area contributed by atoms with Gasteiger partial charge in [-0.25, -0.2) is 0 Å². The van der Waals surface area contributed by atoms with Gasteiger partial charge in [-0.1, -0.05) is 6.07 Å². The van der Waals surface area contributed by atoms with Crippen LogP contribution >= 0.6 is 11.3 Å². The Morgan fingerprint density at radius 3 is 2.19 bits per heavy atom. The van der Waals surface area contributed by atoms with Crippen LogP contribution in [0.4, 0.5) is 0 Å². The minimum Gasteiger partial charge on any atom is -0.383 e. The maximum atomic E-state index is 11.0. The van der Waals surface area contributed by atoms with Crippen LogP contribution in [0.1, 0.15) is 62.1 Å². The van der Waals surface area contributed by atoms with Gasteiger partial charge in [-0.3, -0.25) is 0 Å². The fraction of sp³-hybridized carbons (Fsp3) is 0.474. The van der Waals surface area contributed by atoms with E-state index in [1.165, 1.54) is 58.4 Å². The summed E-state index contributed by atoms with van der Waals surface area (Å²) in [6.45, 7) is 8.54. The lowest BCUT2D eigenvalue weighted by atomic mass is 9.90. The third-order valence-corrected chi connectivity index (χ3v) is 6.27. The second kappa shape index (κ2) is 5.58. The lowest BCUT2D eigenvalue weighted by Gasteiger charge is -2.19. The van der Waals surface area contributed by atoms with E-state index >= 15 is 0 Å². The van der Waals surface area contributed by atoms with Crippen LogP contribution in [-0.2, 0) is 12.8 Å². The van der Waals surface area contributed by atoms with Crippen molar-refractivity contribution < 1.29 is 5.11 Å². The molecule has 21 heavy (non-hydrogen) atoms. The molecule has 112 valence electrons. The Kier molecular flexibility index (Phi) is 3.94. The molecule has 0 saturated heterocycles. The largest absolute Gasteiger partial charge is 0.383 e. The van der Waals surface area contributed by atoms with Gasteiger partial charge in [0.15, 0.2) is 0 Å². The van der Waals surface area contributed by atoms with Gasteiger partial charge in [0, 0.05) is 9.75 Å².